The van der Waals surface area contributed by atoms with Gasteiger partial charge in [-0.3, -0.25) is 4.79 Å². The molecular weight excluding hydrogens is 422 g/mol. The van der Waals surface area contributed by atoms with Crippen LogP contribution in [0.4, 0.5) is 4.79 Å². The molecule has 3 aromatic rings. The maximum absolute atomic E-state index is 12.5. The van der Waals surface area contributed by atoms with Crippen LogP contribution in [0.1, 0.15) is 5.56 Å². The summed E-state index contributed by atoms with van der Waals surface area (Å²) in [6.07, 6.45) is -2.14. The number of amides is 2. The van der Waals surface area contributed by atoms with Crippen LogP contribution in [0.3, 0.4) is 0 Å². The van der Waals surface area contributed by atoms with Gasteiger partial charge in [0, 0.05) is 35.6 Å². The summed E-state index contributed by atoms with van der Waals surface area (Å²) in [5, 5.41) is 23.6. The van der Waals surface area contributed by atoms with Crippen molar-refractivity contribution >= 4 is 34.5 Å². The highest BCUT2D eigenvalue weighted by Crippen LogP contribution is 2.23. The summed E-state index contributed by atoms with van der Waals surface area (Å²) in [6, 6.07) is 15.1. The number of hydrogen-bond acceptors (Lipinski definition) is 5. The van der Waals surface area contributed by atoms with Crippen molar-refractivity contribution in [3.05, 3.63) is 65.2 Å². The first-order valence-corrected chi connectivity index (χ1v) is 10.1. The number of likely N-dealkylation sites (N-methyl/N-ethyl adjacent to an activating group) is 1. The standard InChI is InChI=1S/C22H24ClN3O5/c1-26(9-10-27)21(29)20(28)18(11-14-5-3-2-4-6-14)25-22(30)31-19-13-15-12-16(23)7-8-17(15)24-19/h2-8,12-13,18,20,24,27-28H,9-11H2,1H3,(H,25,30)/t18-,20+/m0/s1. The average molecular weight is 446 g/mol. The van der Waals surface area contributed by atoms with Gasteiger partial charge in [-0.05, 0) is 30.2 Å². The second-order valence-corrected chi connectivity index (χ2v) is 7.56. The summed E-state index contributed by atoms with van der Waals surface area (Å²) >= 11 is 5.98. The molecule has 31 heavy (non-hydrogen) atoms. The molecule has 9 heteroatoms. The molecule has 0 aliphatic heterocycles. The van der Waals surface area contributed by atoms with Crippen molar-refractivity contribution in [2.45, 2.75) is 18.6 Å². The van der Waals surface area contributed by atoms with Crippen LogP contribution in [0.2, 0.25) is 5.02 Å². The number of aromatic nitrogens is 1. The lowest BCUT2D eigenvalue weighted by Gasteiger charge is -2.26. The normalized spacial score (nSPS) is 12.9. The zero-order valence-corrected chi connectivity index (χ0v) is 17.7. The second kappa shape index (κ2) is 10.3. The highest BCUT2D eigenvalue weighted by Gasteiger charge is 2.30. The number of hydrogen-bond donors (Lipinski definition) is 4. The van der Waals surface area contributed by atoms with Crippen molar-refractivity contribution < 1.29 is 24.5 Å². The van der Waals surface area contributed by atoms with Crippen LogP contribution in [-0.2, 0) is 11.2 Å². The van der Waals surface area contributed by atoms with Crippen LogP contribution < -0.4 is 10.1 Å². The highest BCUT2D eigenvalue weighted by molar-refractivity contribution is 6.31. The molecule has 1 heterocycles. The fraction of sp³-hybridized carbons (Fsp3) is 0.273. The van der Waals surface area contributed by atoms with E-state index in [1.165, 1.54) is 11.9 Å². The molecule has 2 amide bonds. The van der Waals surface area contributed by atoms with Gasteiger partial charge in [-0.1, -0.05) is 41.9 Å². The molecule has 0 spiro atoms. The Kier molecular flexibility index (Phi) is 7.51. The minimum Gasteiger partial charge on any atom is -0.395 e. The van der Waals surface area contributed by atoms with E-state index in [1.54, 1.807) is 24.3 Å². The molecule has 0 fully saturated rings. The van der Waals surface area contributed by atoms with E-state index in [0.29, 0.717) is 5.02 Å². The Balaban J connectivity index is 1.74. The summed E-state index contributed by atoms with van der Waals surface area (Å²) in [5.74, 6) is -0.415. The Hall–Kier alpha value is -3.07. The van der Waals surface area contributed by atoms with E-state index < -0.39 is 24.1 Å². The first kappa shape index (κ1) is 22.6. The number of fused-ring (bicyclic) bond motifs is 1. The molecule has 8 nitrogen and oxygen atoms in total. The molecule has 0 saturated heterocycles. The summed E-state index contributed by atoms with van der Waals surface area (Å²) < 4.78 is 5.32. The minimum atomic E-state index is -1.52. The molecule has 0 bridgehead atoms. The van der Waals surface area contributed by atoms with Gasteiger partial charge in [0.05, 0.1) is 12.6 Å². The van der Waals surface area contributed by atoms with Crippen LogP contribution >= 0.6 is 11.6 Å². The highest BCUT2D eigenvalue weighted by atomic mass is 35.5. The van der Waals surface area contributed by atoms with Crippen molar-refractivity contribution in [3.8, 4) is 5.88 Å². The van der Waals surface area contributed by atoms with E-state index in [2.05, 4.69) is 10.3 Å². The lowest BCUT2D eigenvalue weighted by Crippen LogP contribution is -2.53. The van der Waals surface area contributed by atoms with E-state index >= 15 is 0 Å². The largest absolute Gasteiger partial charge is 0.414 e. The van der Waals surface area contributed by atoms with E-state index in [1.807, 2.05) is 30.3 Å². The van der Waals surface area contributed by atoms with Gasteiger partial charge in [0.1, 0.15) is 0 Å². The molecule has 2 aromatic carbocycles. The van der Waals surface area contributed by atoms with Crippen molar-refractivity contribution in [1.29, 1.82) is 0 Å². The first-order valence-electron chi connectivity index (χ1n) is 9.72. The SMILES string of the molecule is CN(CCO)C(=O)[C@H](O)[C@H](Cc1ccccc1)NC(=O)Oc1cc2cc(Cl)ccc2[nH]1. The van der Waals surface area contributed by atoms with Crippen LogP contribution in [0.5, 0.6) is 5.88 Å². The summed E-state index contributed by atoms with van der Waals surface area (Å²) in [4.78, 5) is 29.2. The third-order valence-electron chi connectivity index (χ3n) is 4.81. The Labute approximate surface area is 184 Å². The van der Waals surface area contributed by atoms with Crippen LogP contribution in [0, 0.1) is 0 Å². The summed E-state index contributed by atoms with van der Waals surface area (Å²) in [5.41, 5.74) is 1.57. The maximum Gasteiger partial charge on any atom is 0.414 e. The monoisotopic (exact) mass is 445 g/mol. The zero-order chi connectivity index (χ0) is 22.4. The Morgan fingerprint density at radius 2 is 1.94 bits per heavy atom. The van der Waals surface area contributed by atoms with Gasteiger partial charge in [0.25, 0.3) is 5.91 Å². The van der Waals surface area contributed by atoms with Crippen molar-refractivity contribution in [2.24, 2.45) is 0 Å². The quantitative estimate of drug-likeness (QED) is 0.425. The maximum atomic E-state index is 12.5. The minimum absolute atomic E-state index is 0.0655. The third-order valence-corrected chi connectivity index (χ3v) is 5.04. The van der Waals surface area contributed by atoms with Gasteiger partial charge in [0.2, 0.25) is 5.88 Å². The van der Waals surface area contributed by atoms with Crippen LogP contribution in [-0.4, -0.2) is 64.4 Å². The molecule has 0 radical (unpaired) electrons. The number of halogens is 1. The van der Waals surface area contributed by atoms with Gasteiger partial charge in [0.15, 0.2) is 6.10 Å². The van der Waals surface area contributed by atoms with Gasteiger partial charge in [-0.25, -0.2) is 4.79 Å². The lowest BCUT2D eigenvalue weighted by atomic mass is 10.0. The molecule has 0 aliphatic rings. The molecule has 2 atom stereocenters. The Morgan fingerprint density at radius 3 is 2.65 bits per heavy atom. The molecule has 4 N–H and O–H groups in total. The van der Waals surface area contributed by atoms with Gasteiger partial charge in [-0.15, -0.1) is 0 Å². The Bertz CT molecular complexity index is 1040. The van der Waals surface area contributed by atoms with E-state index in [-0.39, 0.29) is 25.5 Å². The molecule has 0 aliphatic carbocycles. The third kappa shape index (κ3) is 5.97. The summed E-state index contributed by atoms with van der Waals surface area (Å²) in [6.45, 7) is -0.172. The number of benzene rings is 2. The predicted molar refractivity (Wildman–Crippen MR) is 117 cm³/mol. The lowest BCUT2D eigenvalue weighted by molar-refractivity contribution is -0.140. The number of carbonyl (C=O) groups excluding carboxylic acids is 2. The molecule has 164 valence electrons. The molecule has 3 rings (SSSR count). The van der Waals surface area contributed by atoms with Crippen molar-refractivity contribution in [1.82, 2.24) is 15.2 Å². The van der Waals surface area contributed by atoms with Crippen LogP contribution in [0.15, 0.2) is 54.6 Å². The zero-order valence-electron chi connectivity index (χ0n) is 16.9. The first-order chi connectivity index (χ1) is 14.9. The van der Waals surface area contributed by atoms with Crippen molar-refractivity contribution in [3.63, 3.8) is 0 Å². The van der Waals surface area contributed by atoms with E-state index in [0.717, 1.165) is 16.5 Å². The number of aromatic amines is 1. The smallest absolute Gasteiger partial charge is 0.395 e. The fourth-order valence-corrected chi connectivity index (χ4v) is 3.36. The fourth-order valence-electron chi connectivity index (χ4n) is 3.18. The number of aliphatic hydroxyl groups is 2. The average Bonchev–Trinajstić information content (AvgIpc) is 3.14. The topological polar surface area (TPSA) is 115 Å². The molecule has 0 unspecified atom stereocenters. The predicted octanol–water partition coefficient (Wildman–Crippen LogP) is 2.33. The molecule has 0 saturated carbocycles. The van der Waals surface area contributed by atoms with E-state index in [4.69, 9.17) is 21.4 Å². The van der Waals surface area contributed by atoms with Crippen molar-refractivity contribution in [2.75, 3.05) is 20.2 Å². The van der Waals surface area contributed by atoms with Gasteiger partial charge in [-0.2, -0.15) is 0 Å². The number of nitrogens with zero attached hydrogens (tertiary/aromatic N) is 1. The van der Waals surface area contributed by atoms with Gasteiger partial charge < -0.3 is 30.2 Å². The molecule has 1 aromatic heterocycles. The number of nitrogens with one attached hydrogen (secondary N) is 2. The number of rotatable bonds is 8. The summed E-state index contributed by atoms with van der Waals surface area (Å²) in [7, 11) is 1.47. The van der Waals surface area contributed by atoms with Crippen LogP contribution in [0.25, 0.3) is 10.9 Å². The number of ether oxygens (including phenoxy) is 1. The molecular formula is C22H24ClN3O5. The number of aliphatic hydroxyl groups excluding tert-OH is 2. The van der Waals surface area contributed by atoms with Gasteiger partial charge >= 0.3 is 6.09 Å². The number of carbonyl (C=O) groups is 2. The Morgan fingerprint density at radius 1 is 1.19 bits per heavy atom. The number of H-pyrrole nitrogens is 1. The van der Waals surface area contributed by atoms with E-state index in [9.17, 15) is 14.7 Å². The second-order valence-electron chi connectivity index (χ2n) is 7.12.